The van der Waals surface area contributed by atoms with Gasteiger partial charge in [0.1, 0.15) is 11.6 Å². The van der Waals surface area contributed by atoms with Crippen LogP contribution in [0.3, 0.4) is 0 Å². The van der Waals surface area contributed by atoms with Gasteiger partial charge in [-0.3, -0.25) is 10.3 Å². The molecule has 2 rings (SSSR count). The Hall–Kier alpha value is -1.92. The summed E-state index contributed by atoms with van der Waals surface area (Å²) < 4.78 is 5.38. The van der Waals surface area contributed by atoms with Crippen molar-refractivity contribution >= 4 is 17.2 Å². The smallest absolute Gasteiger partial charge is 0.123 e. The molecule has 0 spiro atoms. The van der Waals surface area contributed by atoms with E-state index in [-0.39, 0.29) is 5.84 Å². The van der Waals surface area contributed by atoms with Gasteiger partial charge in [-0.05, 0) is 32.2 Å². The van der Waals surface area contributed by atoms with Gasteiger partial charge in [-0.1, -0.05) is 0 Å². The number of nitrogens with two attached hydrogens (primary N) is 1. The molecule has 0 aliphatic carbocycles. The third-order valence-corrected chi connectivity index (χ3v) is 3.95. The van der Waals surface area contributed by atoms with Crippen molar-refractivity contribution in [3.05, 3.63) is 45.4 Å². The quantitative estimate of drug-likeness (QED) is 0.634. The van der Waals surface area contributed by atoms with Crippen LogP contribution in [0.1, 0.15) is 21.8 Å². The van der Waals surface area contributed by atoms with E-state index in [4.69, 9.17) is 15.9 Å². The average Bonchev–Trinajstić information content (AvgIpc) is 2.83. The van der Waals surface area contributed by atoms with Crippen molar-refractivity contribution in [2.45, 2.75) is 20.0 Å². The van der Waals surface area contributed by atoms with Crippen molar-refractivity contribution in [1.29, 1.82) is 5.41 Å². The van der Waals surface area contributed by atoms with E-state index in [2.05, 4.69) is 15.3 Å². The Balaban J connectivity index is 2.13. The second-order valence-electron chi connectivity index (χ2n) is 4.97. The number of benzene rings is 1. The maximum Gasteiger partial charge on any atom is 0.123 e. The Kier molecular flexibility index (Phi) is 4.93. The summed E-state index contributed by atoms with van der Waals surface area (Å²) in [6, 6.07) is 5.56. The highest BCUT2D eigenvalue weighted by atomic mass is 32.1. The molecule has 1 aromatic carbocycles. The van der Waals surface area contributed by atoms with Crippen molar-refractivity contribution in [3.8, 4) is 5.75 Å². The van der Waals surface area contributed by atoms with Crippen LogP contribution in [-0.2, 0) is 13.1 Å². The Morgan fingerprint density at radius 3 is 2.76 bits per heavy atom. The van der Waals surface area contributed by atoms with Gasteiger partial charge in [0.15, 0.2) is 0 Å². The van der Waals surface area contributed by atoms with E-state index in [0.717, 1.165) is 28.6 Å². The largest absolute Gasteiger partial charge is 0.496 e. The summed E-state index contributed by atoms with van der Waals surface area (Å²) in [5.74, 6) is 0.873. The lowest BCUT2D eigenvalue weighted by Gasteiger charge is -2.18. The standard InChI is InChI=1S/C15H20N4OS/c1-10-18-13(9-21-10)8-19(2)7-12-6-11(15(16)17)4-5-14(12)20-3/h4-6,9H,7-8H2,1-3H3,(H3,16,17). The average molecular weight is 304 g/mol. The lowest BCUT2D eigenvalue weighted by molar-refractivity contribution is 0.307. The summed E-state index contributed by atoms with van der Waals surface area (Å²) in [5.41, 5.74) is 8.35. The van der Waals surface area contributed by atoms with E-state index < -0.39 is 0 Å². The van der Waals surface area contributed by atoms with Crippen molar-refractivity contribution in [2.24, 2.45) is 5.73 Å². The molecule has 0 atom stereocenters. The first-order chi connectivity index (χ1) is 9.99. The second kappa shape index (κ2) is 6.69. The number of aromatic nitrogens is 1. The molecule has 0 bridgehead atoms. The molecule has 0 fully saturated rings. The number of methoxy groups -OCH3 is 1. The highest BCUT2D eigenvalue weighted by Gasteiger charge is 2.10. The first kappa shape index (κ1) is 15.5. The lowest BCUT2D eigenvalue weighted by atomic mass is 10.1. The third kappa shape index (κ3) is 4.03. The van der Waals surface area contributed by atoms with Gasteiger partial charge in [0, 0.05) is 29.6 Å². The van der Waals surface area contributed by atoms with E-state index in [1.165, 1.54) is 0 Å². The number of amidine groups is 1. The zero-order valence-corrected chi connectivity index (χ0v) is 13.3. The van der Waals surface area contributed by atoms with Crippen LogP contribution in [0.25, 0.3) is 0 Å². The van der Waals surface area contributed by atoms with E-state index in [0.29, 0.717) is 12.1 Å². The zero-order valence-electron chi connectivity index (χ0n) is 12.5. The van der Waals surface area contributed by atoms with Crippen molar-refractivity contribution in [3.63, 3.8) is 0 Å². The van der Waals surface area contributed by atoms with Crippen molar-refractivity contribution < 1.29 is 4.74 Å². The predicted octanol–water partition coefficient (Wildman–Crippen LogP) is 2.38. The third-order valence-electron chi connectivity index (χ3n) is 3.13. The fourth-order valence-corrected chi connectivity index (χ4v) is 2.78. The van der Waals surface area contributed by atoms with Crippen LogP contribution in [0.5, 0.6) is 5.75 Å². The van der Waals surface area contributed by atoms with Gasteiger partial charge in [-0.2, -0.15) is 0 Å². The molecule has 0 radical (unpaired) electrons. The molecular formula is C15H20N4OS. The molecule has 1 aromatic heterocycles. The zero-order chi connectivity index (χ0) is 15.4. The van der Waals surface area contributed by atoms with Gasteiger partial charge in [-0.25, -0.2) is 4.98 Å². The summed E-state index contributed by atoms with van der Waals surface area (Å²) in [4.78, 5) is 6.64. The summed E-state index contributed by atoms with van der Waals surface area (Å²) in [6.07, 6.45) is 0. The molecule has 112 valence electrons. The van der Waals surface area contributed by atoms with Crippen molar-refractivity contribution in [1.82, 2.24) is 9.88 Å². The number of ether oxygens (including phenoxy) is 1. The molecular weight excluding hydrogens is 284 g/mol. The Bertz CT molecular complexity index is 638. The maximum atomic E-state index is 7.54. The first-order valence-electron chi connectivity index (χ1n) is 6.60. The van der Waals surface area contributed by atoms with E-state index in [1.54, 1.807) is 24.5 Å². The summed E-state index contributed by atoms with van der Waals surface area (Å²) in [7, 11) is 3.69. The first-order valence-corrected chi connectivity index (χ1v) is 7.48. The number of nitrogens with zero attached hydrogens (tertiary/aromatic N) is 2. The molecule has 0 unspecified atom stereocenters. The summed E-state index contributed by atoms with van der Waals surface area (Å²) >= 11 is 1.66. The number of rotatable bonds is 6. The van der Waals surface area contributed by atoms with Crippen LogP contribution >= 0.6 is 11.3 Å². The number of hydrogen-bond acceptors (Lipinski definition) is 5. The second-order valence-corrected chi connectivity index (χ2v) is 6.03. The van der Waals surface area contributed by atoms with Gasteiger partial charge in [-0.15, -0.1) is 11.3 Å². The Morgan fingerprint density at radius 2 is 2.19 bits per heavy atom. The lowest BCUT2D eigenvalue weighted by Crippen LogP contribution is -2.19. The van der Waals surface area contributed by atoms with E-state index >= 15 is 0 Å². The number of aryl methyl sites for hydroxylation is 1. The minimum Gasteiger partial charge on any atom is -0.496 e. The van der Waals surface area contributed by atoms with E-state index in [1.807, 2.05) is 26.1 Å². The topological polar surface area (TPSA) is 75.2 Å². The molecule has 1 heterocycles. The SMILES string of the molecule is COc1ccc(C(=N)N)cc1CN(C)Cc1csc(C)n1. The Morgan fingerprint density at radius 1 is 1.43 bits per heavy atom. The normalized spacial score (nSPS) is 10.9. The van der Waals surface area contributed by atoms with Gasteiger partial charge in [0.05, 0.1) is 17.8 Å². The predicted molar refractivity (Wildman–Crippen MR) is 86.0 cm³/mol. The summed E-state index contributed by atoms with van der Waals surface area (Å²) in [6.45, 7) is 3.49. The van der Waals surface area contributed by atoms with Gasteiger partial charge >= 0.3 is 0 Å². The number of nitrogen functional groups attached to an aromatic ring is 1. The van der Waals surface area contributed by atoms with Gasteiger partial charge in [0.25, 0.3) is 0 Å². The summed E-state index contributed by atoms with van der Waals surface area (Å²) in [5, 5.41) is 10.7. The molecule has 0 saturated carbocycles. The highest BCUT2D eigenvalue weighted by molar-refractivity contribution is 7.09. The molecule has 3 N–H and O–H groups in total. The molecule has 5 nitrogen and oxygen atoms in total. The molecule has 21 heavy (non-hydrogen) atoms. The van der Waals surface area contributed by atoms with E-state index in [9.17, 15) is 0 Å². The number of thiazole rings is 1. The minimum absolute atomic E-state index is 0.0664. The molecule has 0 aliphatic rings. The molecule has 0 saturated heterocycles. The minimum atomic E-state index is 0.0664. The molecule has 0 amide bonds. The van der Waals surface area contributed by atoms with Gasteiger partial charge < -0.3 is 10.5 Å². The maximum absolute atomic E-state index is 7.54. The fraction of sp³-hybridized carbons (Fsp3) is 0.333. The molecule has 0 aliphatic heterocycles. The van der Waals surface area contributed by atoms with Crippen LogP contribution in [0, 0.1) is 12.3 Å². The number of nitrogens with one attached hydrogen (secondary N) is 1. The molecule has 2 aromatic rings. The van der Waals surface area contributed by atoms with Crippen LogP contribution in [-0.4, -0.2) is 29.9 Å². The van der Waals surface area contributed by atoms with Crippen LogP contribution in [0.15, 0.2) is 23.6 Å². The van der Waals surface area contributed by atoms with Gasteiger partial charge in [0.2, 0.25) is 0 Å². The van der Waals surface area contributed by atoms with Crippen LogP contribution < -0.4 is 10.5 Å². The molecule has 6 heteroatoms. The number of hydrogen-bond donors (Lipinski definition) is 2. The van der Waals surface area contributed by atoms with Crippen LogP contribution in [0.2, 0.25) is 0 Å². The Labute approximate surface area is 128 Å². The highest BCUT2D eigenvalue weighted by Crippen LogP contribution is 2.22. The monoisotopic (exact) mass is 304 g/mol. The van der Waals surface area contributed by atoms with Crippen molar-refractivity contribution in [2.75, 3.05) is 14.2 Å². The van der Waals surface area contributed by atoms with Crippen LogP contribution in [0.4, 0.5) is 0 Å². The fourth-order valence-electron chi connectivity index (χ4n) is 2.17.